The van der Waals surface area contributed by atoms with Gasteiger partial charge in [0.25, 0.3) is 0 Å². The molecule has 0 unspecified atom stereocenters. The van der Waals surface area contributed by atoms with Crippen molar-refractivity contribution in [3.05, 3.63) is 30.3 Å². The maximum absolute atomic E-state index is 11.0. The van der Waals surface area contributed by atoms with E-state index in [4.69, 9.17) is 30.7 Å². The molecule has 14 nitrogen and oxygen atoms in total. The van der Waals surface area contributed by atoms with Gasteiger partial charge in [0.2, 0.25) is 0 Å². The molecular formula is C12H27F6N5O9OsS2. The Labute approximate surface area is 210 Å². The van der Waals surface area contributed by atoms with Gasteiger partial charge in [-0.3, -0.25) is 0 Å². The Balaban J connectivity index is -0.0000000499. The van der Waals surface area contributed by atoms with Gasteiger partial charge in [-0.05, 0) is 19.1 Å². The molecule has 23 heteroatoms. The normalized spacial score (nSPS) is 10.8. The SMILES string of the molecule is COC(=O)[C@@H](C)Oc1ccccc1.N.N.N.N.N.O=S(=O)([O-])C(F)(F)F.O=S(=O)([O-])C(F)(F)F.[Os+2]. The number of benzene rings is 1. The molecule has 0 aliphatic heterocycles. The summed E-state index contributed by atoms with van der Waals surface area (Å²) in [5, 5.41) is 0. The molecule has 0 aliphatic rings. The van der Waals surface area contributed by atoms with Crippen molar-refractivity contribution in [2.45, 2.75) is 24.0 Å². The number of alkyl halides is 6. The van der Waals surface area contributed by atoms with Crippen LogP contribution in [0.5, 0.6) is 5.75 Å². The third-order valence-electron chi connectivity index (χ3n) is 2.16. The second-order valence-corrected chi connectivity index (χ2v) is 7.14. The van der Waals surface area contributed by atoms with Crippen LogP contribution in [0.1, 0.15) is 6.92 Å². The number of carbonyl (C=O) groups excluding carboxylic acids is 1. The fraction of sp³-hybridized carbons (Fsp3) is 0.417. The summed E-state index contributed by atoms with van der Waals surface area (Å²) in [5.41, 5.74) is -11.3. The zero-order valence-corrected chi connectivity index (χ0v) is 22.3. The fourth-order valence-corrected chi connectivity index (χ4v) is 0.917. The van der Waals surface area contributed by atoms with Gasteiger partial charge < -0.3 is 49.3 Å². The molecule has 35 heavy (non-hydrogen) atoms. The summed E-state index contributed by atoms with van der Waals surface area (Å²) in [5.74, 6) is 0.296. The first-order valence-electron chi connectivity index (χ1n) is 6.58. The number of halogens is 6. The molecule has 0 saturated heterocycles. The molecule has 0 aromatic heterocycles. The first-order chi connectivity index (χ1) is 12.7. The van der Waals surface area contributed by atoms with Crippen LogP contribution in [0, 0.1) is 0 Å². The molecule has 0 fully saturated rings. The number of hydrogen-bond donors (Lipinski definition) is 5. The number of para-hydroxylation sites is 1. The molecule has 0 aliphatic carbocycles. The molecule has 0 heterocycles. The molecule has 0 saturated carbocycles. The smallest absolute Gasteiger partial charge is 0.741 e. The summed E-state index contributed by atoms with van der Waals surface area (Å²) in [7, 11) is -10.8. The Morgan fingerprint density at radius 2 is 1.06 bits per heavy atom. The molecule has 15 N–H and O–H groups in total. The second-order valence-electron chi connectivity index (χ2n) is 4.40. The number of ether oxygens (including phenoxy) is 2. The minimum absolute atomic E-state index is 0. The summed E-state index contributed by atoms with van der Waals surface area (Å²) in [4.78, 5) is 11.0. The van der Waals surface area contributed by atoms with Gasteiger partial charge in [0.1, 0.15) is 5.75 Å². The standard InChI is InChI=1S/C10H12O3.2CHF3O3S.5H3N.Os/c1-8(10(11)12-2)13-9-6-4-3-5-7-9;2*2-1(3,4)8(5,6)7;;;;;;/h3-8H,1-2H3;2*(H,5,6,7);5*1H3;/q;;;;;;;;+2/p-2/t8-;;;;;;;;/m1......../s1. The van der Waals surface area contributed by atoms with Gasteiger partial charge in [0.15, 0.2) is 26.3 Å². The second kappa shape index (κ2) is 21.6. The van der Waals surface area contributed by atoms with Crippen LogP contribution in [0.4, 0.5) is 26.3 Å². The third kappa shape index (κ3) is 25.2. The molecule has 1 aromatic rings. The van der Waals surface area contributed by atoms with E-state index in [0.717, 1.165) is 0 Å². The van der Waals surface area contributed by atoms with Gasteiger partial charge in [-0.2, -0.15) is 26.3 Å². The molecule has 1 aromatic carbocycles. The monoisotopic (exact) mass is 755 g/mol. The van der Waals surface area contributed by atoms with E-state index in [9.17, 15) is 31.1 Å². The summed E-state index contributed by atoms with van der Waals surface area (Å²) in [6.07, 6.45) is -0.563. The van der Waals surface area contributed by atoms with Gasteiger partial charge in [-0.25, -0.2) is 21.6 Å². The van der Waals surface area contributed by atoms with Gasteiger partial charge in [-0.15, -0.1) is 0 Å². The molecule has 0 bridgehead atoms. The Hall–Kier alpha value is -1.67. The molecule has 1 atom stereocenters. The molecule has 0 radical (unpaired) electrons. The Morgan fingerprint density at radius 3 is 1.26 bits per heavy atom. The largest absolute Gasteiger partial charge is 2.00 e. The maximum Gasteiger partial charge on any atom is 2.00 e. The van der Waals surface area contributed by atoms with Crippen LogP contribution in [0.25, 0.3) is 0 Å². The van der Waals surface area contributed by atoms with Crippen molar-refractivity contribution in [3.63, 3.8) is 0 Å². The number of rotatable bonds is 3. The van der Waals surface area contributed by atoms with E-state index in [1.54, 1.807) is 19.1 Å². The van der Waals surface area contributed by atoms with Crippen LogP contribution in [0.3, 0.4) is 0 Å². The van der Waals surface area contributed by atoms with Crippen LogP contribution >= 0.6 is 0 Å². The van der Waals surface area contributed by atoms with Crippen molar-refractivity contribution < 1.29 is 86.3 Å². The molecule has 1 rings (SSSR count). The maximum atomic E-state index is 11.0. The van der Waals surface area contributed by atoms with E-state index in [1.807, 2.05) is 18.2 Å². The Bertz CT molecular complexity index is 818. The average molecular weight is 754 g/mol. The summed E-state index contributed by atoms with van der Waals surface area (Å²) in [6.45, 7) is 1.65. The van der Waals surface area contributed by atoms with E-state index in [-0.39, 0.29) is 56.5 Å². The van der Waals surface area contributed by atoms with E-state index in [0.29, 0.717) is 5.75 Å². The van der Waals surface area contributed by atoms with Crippen molar-refractivity contribution in [2.24, 2.45) is 0 Å². The van der Waals surface area contributed by atoms with Gasteiger partial charge in [-0.1, -0.05) is 18.2 Å². The summed E-state index contributed by atoms with van der Waals surface area (Å²) in [6, 6.07) is 9.16. The average Bonchev–Trinajstić information content (AvgIpc) is 2.52. The fourth-order valence-electron chi connectivity index (χ4n) is 0.917. The zero-order valence-electron chi connectivity index (χ0n) is 18.1. The van der Waals surface area contributed by atoms with Crippen molar-refractivity contribution in [3.8, 4) is 5.75 Å². The van der Waals surface area contributed by atoms with E-state index in [1.165, 1.54) is 7.11 Å². The van der Waals surface area contributed by atoms with Gasteiger partial charge >= 0.3 is 36.8 Å². The van der Waals surface area contributed by atoms with Gasteiger partial charge in [0.05, 0.1) is 7.11 Å². The topological polar surface area (TPSA) is 325 Å². The minimum atomic E-state index is -6.09. The van der Waals surface area contributed by atoms with E-state index >= 15 is 0 Å². The predicted octanol–water partition coefficient (Wildman–Crippen LogP) is 2.54. The summed E-state index contributed by atoms with van der Waals surface area (Å²) < 4.78 is 128. The Morgan fingerprint density at radius 1 is 0.800 bits per heavy atom. The van der Waals surface area contributed by atoms with Crippen LogP contribution in [0.2, 0.25) is 0 Å². The molecule has 0 amide bonds. The van der Waals surface area contributed by atoms with E-state index in [2.05, 4.69) is 4.74 Å². The van der Waals surface area contributed by atoms with Crippen LogP contribution < -0.4 is 35.5 Å². The van der Waals surface area contributed by atoms with Crippen molar-refractivity contribution in [1.82, 2.24) is 30.8 Å². The van der Waals surface area contributed by atoms with Gasteiger partial charge in [0, 0.05) is 0 Å². The molecular weight excluding hydrogens is 727 g/mol. The summed E-state index contributed by atoms with van der Waals surface area (Å²) >= 11 is 0. The van der Waals surface area contributed by atoms with Crippen molar-refractivity contribution in [1.29, 1.82) is 0 Å². The van der Waals surface area contributed by atoms with E-state index < -0.39 is 37.4 Å². The van der Waals surface area contributed by atoms with Crippen LogP contribution in [-0.2, 0) is 49.6 Å². The molecule has 0 spiro atoms. The number of hydrogen-bond acceptors (Lipinski definition) is 14. The number of carbonyl (C=O) groups is 1. The minimum Gasteiger partial charge on any atom is -0.741 e. The van der Waals surface area contributed by atoms with Crippen LogP contribution in [-0.4, -0.2) is 56.1 Å². The number of methoxy groups -OCH3 is 1. The first-order valence-corrected chi connectivity index (χ1v) is 9.39. The quantitative estimate of drug-likeness (QED) is 0.128. The molecule has 216 valence electrons. The Kier molecular flexibility index (Phi) is 33.5. The first kappa shape index (κ1) is 54.3. The predicted molar refractivity (Wildman–Crippen MR) is 105 cm³/mol. The van der Waals surface area contributed by atoms with Crippen molar-refractivity contribution in [2.75, 3.05) is 7.11 Å². The van der Waals surface area contributed by atoms with Crippen LogP contribution in [0.15, 0.2) is 30.3 Å². The third-order valence-corrected chi connectivity index (χ3v) is 3.29. The number of esters is 1. The zero-order chi connectivity index (χ0) is 23.7. The van der Waals surface area contributed by atoms with Crippen molar-refractivity contribution >= 4 is 26.2 Å².